The van der Waals surface area contributed by atoms with E-state index in [0.717, 1.165) is 26.8 Å². The molecule has 0 atom stereocenters. The summed E-state index contributed by atoms with van der Waals surface area (Å²) in [5.41, 5.74) is 3.37. The van der Waals surface area contributed by atoms with E-state index in [1.54, 1.807) is 43.4 Å². The van der Waals surface area contributed by atoms with Gasteiger partial charge in [0, 0.05) is 27.6 Å². The lowest BCUT2D eigenvalue weighted by atomic mass is 10.1. The predicted molar refractivity (Wildman–Crippen MR) is 122 cm³/mol. The summed E-state index contributed by atoms with van der Waals surface area (Å²) in [5, 5.41) is 12.4. The molecule has 0 radical (unpaired) electrons. The number of thiazole rings is 1. The molecule has 0 spiro atoms. The minimum atomic E-state index is 0.410. The van der Waals surface area contributed by atoms with Gasteiger partial charge in [0.05, 0.1) is 36.3 Å². The van der Waals surface area contributed by atoms with Gasteiger partial charge in [-0.3, -0.25) is 0 Å². The standard InChI is InChI=1S/C23H14N4O3S2/c24-12-17-11-18(32-27-23-25-7-10-31-23)1-3-20(17)30-21-4-2-19(15-5-8-28-13-15)26-22(21)16-6-9-29-14-16/h1-11,13-14H,(H,25,27). The summed E-state index contributed by atoms with van der Waals surface area (Å²) in [5.74, 6) is 0.949. The number of furan rings is 2. The number of benzene rings is 1. The maximum atomic E-state index is 9.68. The first kappa shape index (κ1) is 19.9. The van der Waals surface area contributed by atoms with E-state index in [0.29, 0.717) is 22.8 Å². The van der Waals surface area contributed by atoms with E-state index in [9.17, 15) is 5.26 Å². The summed E-state index contributed by atoms with van der Waals surface area (Å²) in [6.45, 7) is 0. The SMILES string of the molecule is N#Cc1cc(SNc2nccs2)ccc1Oc1ccc(-c2ccoc2)nc1-c1ccoc1. The van der Waals surface area contributed by atoms with Crippen molar-refractivity contribution >= 4 is 28.4 Å². The fourth-order valence-corrected chi connectivity index (χ4v) is 4.21. The number of anilines is 1. The van der Waals surface area contributed by atoms with Gasteiger partial charge in [0.1, 0.15) is 17.5 Å². The van der Waals surface area contributed by atoms with Gasteiger partial charge in [-0.15, -0.1) is 11.3 Å². The lowest BCUT2D eigenvalue weighted by Gasteiger charge is -2.13. The van der Waals surface area contributed by atoms with Crippen LogP contribution in [0.1, 0.15) is 5.56 Å². The lowest BCUT2D eigenvalue weighted by molar-refractivity contribution is 0.480. The fraction of sp³-hybridized carbons (Fsp3) is 0. The third kappa shape index (κ3) is 4.23. The summed E-state index contributed by atoms with van der Waals surface area (Å²) in [6, 6.07) is 14.9. The molecule has 32 heavy (non-hydrogen) atoms. The molecule has 0 bridgehead atoms. The van der Waals surface area contributed by atoms with Gasteiger partial charge in [0.25, 0.3) is 0 Å². The second kappa shape index (κ2) is 9.01. The second-order valence-electron chi connectivity index (χ2n) is 6.48. The molecule has 4 aromatic heterocycles. The molecule has 7 nitrogen and oxygen atoms in total. The number of ether oxygens (including phenoxy) is 1. The van der Waals surface area contributed by atoms with Crippen LogP contribution in [0.25, 0.3) is 22.5 Å². The summed E-state index contributed by atoms with van der Waals surface area (Å²) >= 11 is 2.89. The van der Waals surface area contributed by atoms with Crippen molar-refractivity contribution in [3.05, 3.63) is 84.7 Å². The molecule has 5 aromatic rings. The van der Waals surface area contributed by atoms with Gasteiger partial charge in [-0.1, -0.05) is 0 Å². The zero-order valence-electron chi connectivity index (χ0n) is 16.4. The minimum absolute atomic E-state index is 0.410. The van der Waals surface area contributed by atoms with Crippen LogP contribution in [-0.4, -0.2) is 9.97 Å². The van der Waals surface area contributed by atoms with Crippen LogP contribution in [0.4, 0.5) is 5.13 Å². The largest absolute Gasteiger partial charge is 0.472 e. The average molecular weight is 459 g/mol. The Balaban J connectivity index is 1.44. The van der Waals surface area contributed by atoms with Crippen molar-refractivity contribution in [2.24, 2.45) is 0 Å². The van der Waals surface area contributed by atoms with E-state index in [-0.39, 0.29) is 0 Å². The van der Waals surface area contributed by atoms with Crippen LogP contribution in [0.15, 0.2) is 92.8 Å². The van der Waals surface area contributed by atoms with Gasteiger partial charge in [0.2, 0.25) is 0 Å². The third-order valence-corrected chi connectivity index (χ3v) is 6.05. The number of hydrogen-bond donors (Lipinski definition) is 1. The van der Waals surface area contributed by atoms with Crippen LogP contribution in [0, 0.1) is 11.3 Å². The number of pyridine rings is 1. The third-order valence-electron chi connectivity index (χ3n) is 4.45. The van der Waals surface area contributed by atoms with Crippen LogP contribution in [0.3, 0.4) is 0 Å². The molecule has 0 aliphatic rings. The first-order valence-corrected chi connectivity index (χ1v) is 11.1. The Morgan fingerprint density at radius 3 is 2.53 bits per heavy atom. The molecule has 9 heteroatoms. The Hall–Kier alpha value is -4.00. The Bertz CT molecular complexity index is 1360. The van der Waals surface area contributed by atoms with E-state index in [1.807, 2.05) is 35.7 Å². The Kier molecular flexibility index (Phi) is 5.61. The van der Waals surface area contributed by atoms with Crippen molar-refractivity contribution in [3.8, 4) is 40.1 Å². The van der Waals surface area contributed by atoms with Crippen molar-refractivity contribution in [1.29, 1.82) is 5.26 Å². The molecule has 1 aromatic carbocycles. The summed E-state index contributed by atoms with van der Waals surface area (Å²) in [4.78, 5) is 9.79. The number of aromatic nitrogens is 2. The van der Waals surface area contributed by atoms with Crippen molar-refractivity contribution in [2.45, 2.75) is 4.90 Å². The Labute approximate surface area is 191 Å². The van der Waals surface area contributed by atoms with Gasteiger partial charge in [-0.05, 0) is 54.4 Å². The molecule has 0 saturated carbocycles. The molecule has 0 fully saturated rings. The molecule has 0 saturated heterocycles. The highest BCUT2D eigenvalue weighted by Gasteiger charge is 2.15. The minimum Gasteiger partial charge on any atom is -0.472 e. The van der Waals surface area contributed by atoms with Gasteiger partial charge in [-0.25, -0.2) is 9.97 Å². The van der Waals surface area contributed by atoms with E-state index in [2.05, 4.69) is 15.8 Å². The van der Waals surface area contributed by atoms with Crippen molar-refractivity contribution in [3.63, 3.8) is 0 Å². The Morgan fingerprint density at radius 1 is 1.00 bits per heavy atom. The summed E-state index contributed by atoms with van der Waals surface area (Å²) in [7, 11) is 0. The normalized spacial score (nSPS) is 10.6. The number of hydrogen-bond acceptors (Lipinski definition) is 9. The van der Waals surface area contributed by atoms with Gasteiger partial charge in [-0.2, -0.15) is 5.26 Å². The van der Waals surface area contributed by atoms with E-state index in [1.165, 1.54) is 23.3 Å². The molecule has 0 unspecified atom stereocenters. The highest BCUT2D eigenvalue weighted by atomic mass is 32.2. The summed E-state index contributed by atoms with van der Waals surface area (Å²) < 4.78 is 19.7. The topological polar surface area (TPSA) is 97.1 Å². The van der Waals surface area contributed by atoms with Crippen LogP contribution in [-0.2, 0) is 0 Å². The van der Waals surface area contributed by atoms with E-state index < -0.39 is 0 Å². The smallest absolute Gasteiger partial charge is 0.192 e. The molecular weight excluding hydrogens is 444 g/mol. The van der Waals surface area contributed by atoms with Gasteiger partial charge < -0.3 is 18.3 Å². The molecule has 0 aliphatic heterocycles. The number of nitriles is 1. The highest BCUT2D eigenvalue weighted by Crippen LogP contribution is 2.36. The number of nitrogens with zero attached hydrogens (tertiary/aromatic N) is 3. The molecule has 5 rings (SSSR count). The van der Waals surface area contributed by atoms with Crippen LogP contribution in [0.2, 0.25) is 0 Å². The molecule has 4 heterocycles. The maximum Gasteiger partial charge on any atom is 0.192 e. The first-order valence-electron chi connectivity index (χ1n) is 9.41. The predicted octanol–water partition coefficient (Wildman–Crippen LogP) is 6.84. The first-order chi connectivity index (χ1) is 15.8. The zero-order chi connectivity index (χ0) is 21.8. The second-order valence-corrected chi connectivity index (χ2v) is 8.25. The van der Waals surface area contributed by atoms with Crippen LogP contribution in [0.5, 0.6) is 11.5 Å². The fourth-order valence-electron chi connectivity index (χ4n) is 2.95. The molecule has 156 valence electrons. The van der Waals surface area contributed by atoms with Crippen LogP contribution < -0.4 is 9.46 Å². The molecule has 0 aliphatic carbocycles. The van der Waals surface area contributed by atoms with E-state index >= 15 is 0 Å². The van der Waals surface area contributed by atoms with Gasteiger partial charge >= 0.3 is 0 Å². The molecule has 1 N–H and O–H groups in total. The maximum absolute atomic E-state index is 9.68. The Morgan fingerprint density at radius 2 is 1.81 bits per heavy atom. The van der Waals surface area contributed by atoms with Gasteiger partial charge in [0.15, 0.2) is 10.9 Å². The number of nitrogens with one attached hydrogen (secondary N) is 1. The van der Waals surface area contributed by atoms with Crippen molar-refractivity contribution < 1.29 is 13.6 Å². The highest BCUT2D eigenvalue weighted by molar-refractivity contribution is 8.00. The zero-order valence-corrected chi connectivity index (χ0v) is 18.0. The lowest BCUT2D eigenvalue weighted by Crippen LogP contribution is -1.95. The number of rotatable bonds is 7. The summed E-state index contributed by atoms with van der Waals surface area (Å²) in [6.07, 6.45) is 8.14. The molecule has 0 amide bonds. The molecular formula is C23H14N4O3S2. The van der Waals surface area contributed by atoms with Crippen LogP contribution >= 0.6 is 23.3 Å². The van der Waals surface area contributed by atoms with E-state index in [4.69, 9.17) is 18.6 Å². The monoisotopic (exact) mass is 458 g/mol. The van der Waals surface area contributed by atoms with Crippen molar-refractivity contribution in [2.75, 3.05) is 4.72 Å². The van der Waals surface area contributed by atoms with Crippen molar-refractivity contribution in [1.82, 2.24) is 9.97 Å². The average Bonchev–Trinajstić information content (AvgIpc) is 3.62. The quantitative estimate of drug-likeness (QED) is 0.265.